The number of allylic oxidation sites excluding steroid dienone is 1. The molecule has 0 aliphatic carbocycles. The number of rotatable bonds is 6. The van der Waals surface area contributed by atoms with Crippen LogP contribution in [0, 0.1) is 0 Å². The van der Waals surface area contributed by atoms with E-state index in [1.165, 1.54) is 6.42 Å². The summed E-state index contributed by atoms with van der Waals surface area (Å²) in [4.78, 5) is 4.34. The van der Waals surface area contributed by atoms with Crippen molar-refractivity contribution in [3.05, 3.63) is 12.2 Å². The van der Waals surface area contributed by atoms with Gasteiger partial charge in [-0.3, -0.25) is 4.99 Å². The Morgan fingerprint density at radius 2 is 2.40 bits per heavy atom. The molecule has 1 aliphatic heterocycles. The molecule has 0 fully saturated rings. The average Bonchev–Trinajstić information content (AvgIpc) is 2.52. The zero-order valence-corrected chi connectivity index (χ0v) is 9.67. The quantitative estimate of drug-likeness (QED) is 0.681. The summed E-state index contributed by atoms with van der Waals surface area (Å²) >= 11 is 0. The molecule has 1 heterocycles. The molecule has 3 nitrogen and oxygen atoms in total. The van der Waals surface area contributed by atoms with E-state index in [4.69, 9.17) is 4.74 Å². The van der Waals surface area contributed by atoms with Gasteiger partial charge in [0.1, 0.15) is 0 Å². The maximum Gasteiger partial charge on any atom is 0.208 e. The molecule has 0 bridgehead atoms. The lowest BCUT2D eigenvalue weighted by molar-refractivity contribution is 0.297. The third kappa shape index (κ3) is 6.28. The third-order valence-electron chi connectivity index (χ3n) is 2.23. The molecule has 1 aliphatic rings. The third-order valence-corrected chi connectivity index (χ3v) is 2.23. The van der Waals surface area contributed by atoms with Gasteiger partial charge >= 0.3 is 0 Å². The molecule has 0 saturated carbocycles. The second-order valence-corrected chi connectivity index (χ2v) is 3.72. The zero-order valence-electron chi connectivity index (χ0n) is 9.67. The van der Waals surface area contributed by atoms with Crippen LogP contribution in [0.1, 0.15) is 32.6 Å². The molecule has 0 amide bonds. The van der Waals surface area contributed by atoms with Crippen molar-refractivity contribution in [2.75, 3.05) is 26.2 Å². The molecule has 0 atom stereocenters. The summed E-state index contributed by atoms with van der Waals surface area (Å²) < 4.78 is 5.57. The predicted molar refractivity (Wildman–Crippen MR) is 64.4 cm³/mol. The van der Waals surface area contributed by atoms with Crippen LogP contribution in [0.5, 0.6) is 0 Å². The van der Waals surface area contributed by atoms with Gasteiger partial charge < -0.3 is 10.1 Å². The van der Waals surface area contributed by atoms with Crippen molar-refractivity contribution in [1.82, 2.24) is 5.32 Å². The maximum atomic E-state index is 5.57. The lowest BCUT2D eigenvalue weighted by Crippen LogP contribution is -2.18. The lowest BCUT2D eigenvalue weighted by atomic mass is 10.3. The van der Waals surface area contributed by atoms with Crippen LogP contribution in [0.2, 0.25) is 0 Å². The number of aliphatic imine (C=N–C) groups is 1. The largest absolute Gasteiger partial charge is 0.478 e. The van der Waals surface area contributed by atoms with E-state index in [-0.39, 0.29) is 0 Å². The standard InChI is InChI=1S/C12H22N2O/c1-2-8-13-9-6-11-15-12-7-4-3-5-10-14-12/h4,7,13H,2-3,5-6,8-11H2,1H3. The minimum absolute atomic E-state index is 0.764. The topological polar surface area (TPSA) is 33.6 Å². The average molecular weight is 210 g/mol. The first-order valence-corrected chi connectivity index (χ1v) is 5.98. The first kappa shape index (κ1) is 12.2. The van der Waals surface area contributed by atoms with Gasteiger partial charge in [-0.05, 0) is 44.8 Å². The summed E-state index contributed by atoms with van der Waals surface area (Å²) in [5.74, 6) is 0.808. The van der Waals surface area contributed by atoms with Crippen molar-refractivity contribution in [1.29, 1.82) is 0 Å². The highest BCUT2D eigenvalue weighted by Crippen LogP contribution is 2.00. The van der Waals surface area contributed by atoms with E-state index in [0.29, 0.717) is 0 Å². The fraction of sp³-hybridized carbons (Fsp3) is 0.750. The second kappa shape index (κ2) is 8.48. The summed E-state index contributed by atoms with van der Waals surface area (Å²) in [5.41, 5.74) is 0. The van der Waals surface area contributed by atoms with Gasteiger partial charge in [-0.2, -0.15) is 0 Å². The van der Waals surface area contributed by atoms with Gasteiger partial charge in [-0.15, -0.1) is 0 Å². The molecular formula is C12H22N2O. The van der Waals surface area contributed by atoms with Crippen LogP contribution in [0.25, 0.3) is 0 Å². The Labute approximate surface area is 92.6 Å². The fourth-order valence-electron chi connectivity index (χ4n) is 1.40. The Balaban J connectivity index is 2.01. The van der Waals surface area contributed by atoms with Crippen LogP contribution in [0.4, 0.5) is 0 Å². The molecule has 0 spiro atoms. The van der Waals surface area contributed by atoms with E-state index in [1.807, 2.05) is 6.08 Å². The van der Waals surface area contributed by atoms with Gasteiger partial charge in [0.2, 0.25) is 5.90 Å². The van der Waals surface area contributed by atoms with E-state index in [2.05, 4.69) is 23.3 Å². The van der Waals surface area contributed by atoms with Crippen molar-refractivity contribution in [3.8, 4) is 0 Å². The fourth-order valence-corrected chi connectivity index (χ4v) is 1.40. The van der Waals surface area contributed by atoms with E-state index in [1.54, 1.807) is 0 Å². The molecular weight excluding hydrogens is 188 g/mol. The van der Waals surface area contributed by atoms with Gasteiger partial charge in [-0.25, -0.2) is 0 Å². The van der Waals surface area contributed by atoms with Gasteiger partial charge in [0.25, 0.3) is 0 Å². The Kier molecular flexibility index (Phi) is 6.92. The summed E-state index contributed by atoms with van der Waals surface area (Å²) in [6.07, 6.45) is 8.63. The molecule has 0 radical (unpaired) electrons. The Hall–Kier alpha value is -0.830. The number of nitrogens with one attached hydrogen (secondary N) is 1. The summed E-state index contributed by atoms with van der Waals surface area (Å²) in [7, 11) is 0. The van der Waals surface area contributed by atoms with E-state index in [0.717, 1.165) is 51.4 Å². The SMILES string of the molecule is CCCNCCCOC1=NCCCC=C1. The number of hydrogen-bond donors (Lipinski definition) is 1. The number of nitrogens with zero attached hydrogens (tertiary/aromatic N) is 1. The van der Waals surface area contributed by atoms with Gasteiger partial charge in [0.05, 0.1) is 6.61 Å². The monoisotopic (exact) mass is 210 g/mol. The van der Waals surface area contributed by atoms with Crippen molar-refractivity contribution >= 4 is 5.90 Å². The molecule has 0 unspecified atom stereocenters. The van der Waals surface area contributed by atoms with Crippen LogP contribution in [-0.4, -0.2) is 32.1 Å². The van der Waals surface area contributed by atoms with E-state index >= 15 is 0 Å². The summed E-state index contributed by atoms with van der Waals surface area (Å²) in [5, 5.41) is 3.35. The molecule has 1 N–H and O–H groups in total. The van der Waals surface area contributed by atoms with Crippen molar-refractivity contribution in [3.63, 3.8) is 0 Å². The highest BCUT2D eigenvalue weighted by atomic mass is 16.5. The van der Waals surface area contributed by atoms with Crippen molar-refractivity contribution in [2.24, 2.45) is 4.99 Å². The van der Waals surface area contributed by atoms with Gasteiger partial charge in [0, 0.05) is 6.54 Å². The zero-order chi connectivity index (χ0) is 10.8. The Morgan fingerprint density at radius 3 is 3.27 bits per heavy atom. The highest BCUT2D eigenvalue weighted by Gasteiger charge is 1.98. The van der Waals surface area contributed by atoms with Crippen LogP contribution in [0.15, 0.2) is 17.1 Å². The minimum Gasteiger partial charge on any atom is -0.478 e. The minimum atomic E-state index is 0.764. The maximum absolute atomic E-state index is 5.57. The van der Waals surface area contributed by atoms with Crippen LogP contribution in [0.3, 0.4) is 0 Å². The van der Waals surface area contributed by atoms with Crippen molar-refractivity contribution < 1.29 is 4.74 Å². The number of hydrogen-bond acceptors (Lipinski definition) is 3. The molecule has 0 saturated heterocycles. The lowest BCUT2D eigenvalue weighted by Gasteiger charge is -2.05. The molecule has 1 rings (SSSR count). The highest BCUT2D eigenvalue weighted by molar-refractivity contribution is 5.87. The molecule has 0 aromatic heterocycles. The van der Waals surface area contributed by atoms with Gasteiger partial charge in [-0.1, -0.05) is 13.0 Å². The van der Waals surface area contributed by atoms with E-state index in [9.17, 15) is 0 Å². The van der Waals surface area contributed by atoms with Gasteiger partial charge in [0.15, 0.2) is 0 Å². The van der Waals surface area contributed by atoms with Crippen molar-refractivity contribution in [2.45, 2.75) is 32.6 Å². The second-order valence-electron chi connectivity index (χ2n) is 3.72. The van der Waals surface area contributed by atoms with Crippen LogP contribution >= 0.6 is 0 Å². The smallest absolute Gasteiger partial charge is 0.208 e. The first-order chi connectivity index (χ1) is 7.43. The molecule has 0 aromatic rings. The van der Waals surface area contributed by atoms with Crippen LogP contribution < -0.4 is 5.32 Å². The summed E-state index contributed by atoms with van der Waals surface area (Å²) in [6.45, 7) is 5.97. The number of ether oxygens (including phenoxy) is 1. The predicted octanol–water partition coefficient (Wildman–Crippen LogP) is 2.14. The molecule has 86 valence electrons. The summed E-state index contributed by atoms with van der Waals surface area (Å²) in [6, 6.07) is 0. The van der Waals surface area contributed by atoms with Crippen LogP contribution in [-0.2, 0) is 4.74 Å². The first-order valence-electron chi connectivity index (χ1n) is 5.98. The molecule has 0 aromatic carbocycles. The molecule has 3 heteroatoms. The Morgan fingerprint density at radius 1 is 1.47 bits per heavy atom. The molecule has 15 heavy (non-hydrogen) atoms. The Bertz CT molecular complexity index is 212. The van der Waals surface area contributed by atoms with E-state index < -0.39 is 0 Å². The normalized spacial score (nSPS) is 15.9.